The Kier molecular flexibility index (Phi) is 2.46. The molecule has 0 unspecified atom stereocenters. The van der Waals surface area contributed by atoms with Crippen LogP contribution in [0.5, 0.6) is 0 Å². The quantitative estimate of drug-likeness (QED) is 0.299. The van der Waals surface area contributed by atoms with Crippen molar-refractivity contribution < 1.29 is 4.42 Å². The second kappa shape index (κ2) is 4.90. The lowest BCUT2D eigenvalue weighted by molar-refractivity contribution is 0.500. The van der Waals surface area contributed by atoms with E-state index in [-0.39, 0.29) is 0 Å². The van der Waals surface area contributed by atoms with Gasteiger partial charge in [-0.1, -0.05) is 72.8 Å². The van der Waals surface area contributed by atoms with E-state index in [0.29, 0.717) is 10.8 Å². The van der Waals surface area contributed by atoms with Gasteiger partial charge in [-0.2, -0.15) is 0 Å². The lowest BCUT2D eigenvalue weighted by Gasteiger charge is -2.00. The van der Waals surface area contributed by atoms with Crippen LogP contribution in [0.3, 0.4) is 0 Å². The van der Waals surface area contributed by atoms with Crippen LogP contribution < -0.4 is 11.3 Å². The zero-order chi connectivity index (χ0) is 20.4. The molecule has 1 heterocycles. The first kappa shape index (κ1) is 15.6. The van der Waals surface area contributed by atoms with Crippen molar-refractivity contribution in [3.05, 3.63) is 93.6 Å². The smallest absolute Gasteiger partial charge is 0.347 e. The third kappa shape index (κ3) is 1.59. The summed E-state index contributed by atoms with van der Waals surface area (Å²) >= 11 is 0. The second-order valence-electron chi connectivity index (χ2n) is 8.35. The van der Waals surface area contributed by atoms with E-state index in [1.54, 1.807) is 0 Å². The van der Waals surface area contributed by atoms with Gasteiger partial charge in [0.1, 0.15) is 0 Å². The van der Waals surface area contributed by atoms with Crippen LogP contribution in [0, 0.1) is 0 Å². The van der Waals surface area contributed by atoms with Gasteiger partial charge in [-0.3, -0.25) is 0 Å². The monoisotopic (exact) mass is 396 g/mol. The van der Waals surface area contributed by atoms with Crippen LogP contribution >= 0.6 is 0 Å². The number of hydrogen-bond acceptors (Lipinski definition) is 3. The van der Waals surface area contributed by atoms with Crippen LogP contribution in [0.1, 0.15) is 0 Å². The van der Waals surface area contributed by atoms with E-state index in [0.717, 1.165) is 64.6 Å². The van der Waals surface area contributed by atoms with Gasteiger partial charge in [-0.05, 0) is 53.9 Å². The summed E-state index contributed by atoms with van der Waals surface area (Å²) in [4.78, 5) is 26.0. The molecule has 3 heteroatoms. The average Bonchev–Trinajstić information content (AvgIpc) is 3.40. The zero-order valence-corrected chi connectivity index (χ0v) is 16.2. The van der Waals surface area contributed by atoms with E-state index in [1.807, 2.05) is 24.3 Å². The molecule has 0 bridgehead atoms. The van der Waals surface area contributed by atoms with E-state index in [2.05, 4.69) is 48.5 Å². The van der Waals surface area contributed by atoms with E-state index in [4.69, 9.17) is 4.42 Å². The van der Waals surface area contributed by atoms with Crippen molar-refractivity contribution in [2.45, 2.75) is 0 Å². The SMILES string of the molecule is O=c1oc(=O)c2c1c1c3cccc4cccc(c43)c1c1c3cccc4cccc(c43)c21. The van der Waals surface area contributed by atoms with E-state index in [9.17, 15) is 9.59 Å². The predicted octanol–water partition coefficient (Wildman–Crippen LogP) is 6.39. The fourth-order valence-corrected chi connectivity index (χ4v) is 5.94. The molecule has 8 rings (SSSR count). The Morgan fingerprint density at radius 3 is 1.06 bits per heavy atom. The van der Waals surface area contributed by atoms with Crippen LogP contribution in [-0.2, 0) is 0 Å². The van der Waals surface area contributed by atoms with Crippen LogP contribution in [0.4, 0.5) is 0 Å². The van der Waals surface area contributed by atoms with Crippen LogP contribution in [0.15, 0.2) is 86.8 Å². The third-order valence-electron chi connectivity index (χ3n) is 6.98. The van der Waals surface area contributed by atoms with Gasteiger partial charge in [0.05, 0.1) is 10.8 Å². The van der Waals surface area contributed by atoms with Gasteiger partial charge < -0.3 is 4.42 Å². The normalized spacial score (nSPS) is 12.8. The average molecular weight is 396 g/mol. The van der Waals surface area contributed by atoms with Crippen molar-refractivity contribution in [2.75, 3.05) is 0 Å². The van der Waals surface area contributed by atoms with Crippen molar-refractivity contribution in [1.82, 2.24) is 0 Å². The highest BCUT2D eigenvalue weighted by Crippen LogP contribution is 2.50. The Morgan fingerprint density at radius 1 is 0.387 bits per heavy atom. The highest BCUT2D eigenvalue weighted by Gasteiger charge is 2.26. The molecule has 0 radical (unpaired) electrons. The predicted molar refractivity (Wildman–Crippen MR) is 127 cm³/mol. The van der Waals surface area contributed by atoms with Crippen molar-refractivity contribution in [3.63, 3.8) is 0 Å². The van der Waals surface area contributed by atoms with Gasteiger partial charge in [0.2, 0.25) is 0 Å². The molecular formula is C28H12O3. The van der Waals surface area contributed by atoms with Gasteiger partial charge in [0.15, 0.2) is 0 Å². The molecule has 7 aromatic carbocycles. The van der Waals surface area contributed by atoms with Gasteiger partial charge >= 0.3 is 11.3 Å². The Hall–Kier alpha value is -4.24. The Labute approximate surface area is 173 Å². The summed E-state index contributed by atoms with van der Waals surface area (Å²) in [5.74, 6) is 0. The summed E-state index contributed by atoms with van der Waals surface area (Å²) in [6.45, 7) is 0. The summed E-state index contributed by atoms with van der Waals surface area (Å²) in [6.07, 6.45) is 0. The Bertz CT molecular complexity index is 1970. The van der Waals surface area contributed by atoms with Crippen LogP contribution in [0.25, 0.3) is 75.4 Å². The molecule has 0 aliphatic heterocycles. The van der Waals surface area contributed by atoms with Crippen LogP contribution in [0.2, 0.25) is 0 Å². The molecule has 0 spiro atoms. The molecule has 1 aromatic heterocycles. The molecular weight excluding hydrogens is 384 g/mol. The van der Waals surface area contributed by atoms with Crippen molar-refractivity contribution in [2.24, 2.45) is 0 Å². The molecule has 31 heavy (non-hydrogen) atoms. The molecule has 0 aliphatic carbocycles. The van der Waals surface area contributed by atoms with Crippen molar-refractivity contribution in [3.8, 4) is 0 Å². The number of rotatable bonds is 0. The summed E-state index contributed by atoms with van der Waals surface area (Å²) in [5, 5.41) is 13.3. The van der Waals surface area contributed by atoms with Gasteiger partial charge in [-0.25, -0.2) is 9.59 Å². The minimum Gasteiger partial charge on any atom is -0.386 e. The fraction of sp³-hybridized carbons (Fsp3) is 0. The molecule has 0 saturated carbocycles. The number of fused-ring (bicyclic) bond motifs is 10. The fourth-order valence-electron chi connectivity index (χ4n) is 5.94. The summed E-state index contributed by atoms with van der Waals surface area (Å²) in [6, 6.07) is 24.8. The summed E-state index contributed by atoms with van der Waals surface area (Å²) < 4.78 is 5.19. The highest BCUT2D eigenvalue weighted by atomic mass is 16.4. The minimum atomic E-state index is -0.549. The number of hydrogen-bond donors (Lipinski definition) is 0. The molecule has 3 nitrogen and oxygen atoms in total. The topological polar surface area (TPSA) is 47.3 Å². The van der Waals surface area contributed by atoms with Crippen molar-refractivity contribution in [1.29, 1.82) is 0 Å². The first-order valence-corrected chi connectivity index (χ1v) is 10.3. The van der Waals surface area contributed by atoms with Crippen LogP contribution in [-0.4, -0.2) is 0 Å². The minimum absolute atomic E-state index is 0.409. The van der Waals surface area contributed by atoms with E-state index in [1.165, 1.54) is 0 Å². The zero-order valence-electron chi connectivity index (χ0n) is 16.2. The van der Waals surface area contributed by atoms with Crippen molar-refractivity contribution >= 4 is 75.4 Å². The lowest BCUT2D eigenvalue weighted by Crippen LogP contribution is -1.94. The molecule has 0 fully saturated rings. The third-order valence-corrected chi connectivity index (χ3v) is 6.98. The lowest BCUT2D eigenvalue weighted by atomic mass is 9.99. The molecule has 0 aliphatic rings. The number of furan rings is 1. The summed E-state index contributed by atoms with van der Waals surface area (Å²) in [7, 11) is 0. The molecule has 0 atom stereocenters. The maximum atomic E-state index is 13.0. The maximum absolute atomic E-state index is 13.0. The number of benzene rings is 5. The molecule has 142 valence electrons. The van der Waals surface area contributed by atoms with Gasteiger partial charge in [0, 0.05) is 10.8 Å². The first-order valence-electron chi connectivity index (χ1n) is 10.3. The Balaban J connectivity index is 1.95. The van der Waals surface area contributed by atoms with Gasteiger partial charge in [0.25, 0.3) is 0 Å². The first-order chi connectivity index (χ1) is 15.2. The van der Waals surface area contributed by atoms with E-state index >= 15 is 0 Å². The van der Waals surface area contributed by atoms with E-state index < -0.39 is 11.3 Å². The molecule has 0 saturated heterocycles. The standard InChI is InChI=1S/C28H12O3/c29-27-25-23-17-11-3-7-13-5-1-9-15(19(13)17)21(23)22-16-10-2-6-14-8-4-12-18(20(14)16)24(22)26(25)28(30)31-27/h1-12H. The largest absolute Gasteiger partial charge is 0.386 e. The Morgan fingerprint density at radius 2 is 0.710 bits per heavy atom. The second-order valence-corrected chi connectivity index (χ2v) is 8.35. The maximum Gasteiger partial charge on any atom is 0.347 e. The summed E-state index contributed by atoms with van der Waals surface area (Å²) in [5.41, 5.74) is -1.10. The molecule has 8 aromatic rings. The molecule has 0 amide bonds. The molecule has 0 N–H and O–H groups in total. The van der Waals surface area contributed by atoms with Gasteiger partial charge in [-0.15, -0.1) is 0 Å². The highest BCUT2D eigenvalue weighted by molar-refractivity contribution is 6.49.